The highest BCUT2D eigenvalue weighted by molar-refractivity contribution is 6.16. The number of anilines is 1. The van der Waals surface area contributed by atoms with Gasteiger partial charge >= 0.3 is 30.0 Å². The van der Waals surface area contributed by atoms with Crippen molar-refractivity contribution >= 4 is 17.6 Å². The maximum Gasteiger partial charge on any atom is 0.460 e. The molecule has 0 aliphatic rings. The van der Waals surface area contributed by atoms with E-state index < -0.39 is 40.5 Å². The third kappa shape index (κ3) is 3.29. The highest BCUT2D eigenvalue weighted by atomic mass is 19.4. The molecule has 0 aromatic heterocycles. The van der Waals surface area contributed by atoms with E-state index in [1.807, 2.05) is 0 Å². The Morgan fingerprint density at radius 3 is 1.71 bits per heavy atom. The smallest absolute Gasteiger partial charge is 0.330 e. The van der Waals surface area contributed by atoms with Crippen LogP contribution in [0.4, 0.5) is 41.2 Å². The summed E-state index contributed by atoms with van der Waals surface area (Å²) in [4.78, 5) is 23.8. The molecule has 0 bridgehead atoms. The lowest BCUT2D eigenvalue weighted by atomic mass is 10.1. The molecule has 0 saturated carbocycles. The lowest BCUT2D eigenvalue weighted by Crippen LogP contribution is -2.62. The van der Waals surface area contributed by atoms with Crippen LogP contribution in [-0.4, -0.2) is 49.0 Å². The van der Waals surface area contributed by atoms with Crippen LogP contribution in [-0.2, 0) is 4.79 Å². The van der Waals surface area contributed by atoms with E-state index in [4.69, 9.17) is 0 Å². The zero-order valence-electron chi connectivity index (χ0n) is 12.2. The van der Waals surface area contributed by atoms with E-state index in [1.165, 1.54) is 18.2 Å². The Labute approximate surface area is 131 Å². The van der Waals surface area contributed by atoms with Crippen molar-refractivity contribution in [2.24, 2.45) is 0 Å². The van der Waals surface area contributed by atoms with Crippen molar-refractivity contribution in [3.63, 3.8) is 0 Å². The van der Waals surface area contributed by atoms with Crippen molar-refractivity contribution in [1.29, 1.82) is 0 Å². The van der Waals surface area contributed by atoms with Gasteiger partial charge in [0.2, 0.25) is 0 Å². The standard InChI is InChI=1S/C13H11F7N2O2/c1-21(2)10(24)22(8-6-4-3-5-7-8)9(23)11(14,15)12(16,17)13(18,19)20/h3-7H,1-2H3. The number of hydrogen-bond acceptors (Lipinski definition) is 2. The fourth-order valence-electron chi connectivity index (χ4n) is 1.54. The van der Waals surface area contributed by atoms with Gasteiger partial charge in [-0.15, -0.1) is 0 Å². The van der Waals surface area contributed by atoms with E-state index in [0.717, 1.165) is 26.2 Å². The molecule has 0 unspecified atom stereocenters. The van der Waals surface area contributed by atoms with E-state index in [0.29, 0.717) is 4.90 Å². The Morgan fingerprint density at radius 2 is 1.33 bits per heavy atom. The minimum atomic E-state index is -6.68. The molecule has 0 aliphatic carbocycles. The number of alkyl halides is 7. The molecule has 0 saturated heterocycles. The summed E-state index contributed by atoms with van der Waals surface area (Å²) >= 11 is 0. The number of benzene rings is 1. The summed E-state index contributed by atoms with van der Waals surface area (Å²) in [5, 5.41) is 0. The van der Waals surface area contributed by atoms with Gasteiger partial charge in [0.1, 0.15) is 0 Å². The lowest BCUT2D eigenvalue weighted by molar-refractivity contribution is -0.343. The monoisotopic (exact) mass is 360 g/mol. The summed E-state index contributed by atoms with van der Waals surface area (Å²) < 4.78 is 90.0. The number of para-hydroxylation sites is 1. The van der Waals surface area contributed by atoms with E-state index >= 15 is 0 Å². The number of rotatable bonds is 3. The highest BCUT2D eigenvalue weighted by Crippen LogP contribution is 2.47. The molecule has 11 heteroatoms. The normalized spacial score (nSPS) is 12.7. The summed E-state index contributed by atoms with van der Waals surface area (Å²) in [6, 6.07) is 4.07. The van der Waals surface area contributed by atoms with Gasteiger partial charge < -0.3 is 4.90 Å². The molecule has 0 spiro atoms. The maximum absolute atomic E-state index is 13.6. The van der Waals surface area contributed by atoms with Gasteiger partial charge in [-0.3, -0.25) is 4.79 Å². The Balaban J connectivity index is 3.44. The average molecular weight is 360 g/mol. The van der Waals surface area contributed by atoms with Gasteiger partial charge in [-0.1, -0.05) is 18.2 Å². The van der Waals surface area contributed by atoms with E-state index in [2.05, 4.69) is 0 Å². The number of hydrogen-bond donors (Lipinski definition) is 0. The number of halogens is 7. The fraction of sp³-hybridized carbons (Fsp3) is 0.385. The second-order valence-corrected chi connectivity index (χ2v) is 4.80. The van der Waals surface area contributed by atoms with Crippen LogP contribution in [0.2, 0.25) is 0 Å². The summed E-state index contributed by atoms with van der Waals surface area (Å²) in [5.74, 6) is -15.8. The molecule has 0 fully saturated rings. The van der Waals surface area contributed by atoms with Gasteiger partial charge in [0.25, 0.3) is 0 Å². The van der Waals surface area contributed by atoms with Gasteiger partial charge in [-0.05, 0) is 12.1 Å². The first-order valence-electron chi connectivity index (χ1n) is 6.18. The van der Waals surface area contributed by atoms with Crippen molar-refractivity contribution in [2.75, 3.05) is 19.0 Å². The predicted molar refractivity (Wildman–Crippen MR) is 69.0 cm³/mol. The van der Waals surface area contributed by atoms with Crippen LogP contribution in [0.1, 0.15) is 0 Å². The Morgan fingerprint density at radius 1 is 0.875 bits per heavy atom. The Kier molecular flexibility index (Phi) is 5.16. The van der Waals surface area contributed by atoms with Crippen molar-refractivity contribution in [1.82, 2.24) is 4.90 Å². The van der Waals surface area contributed by atoms with Crippen LogP contribution in [0.25, 0.3) is 0 Å². The third-order valence-electron chi connectivity index (χ3n) is 2.81. The summed E-state index contributed by atoms with van der Waals surface area (Å²) in [6.07, 6.45) is -6.68. The topological polar surface area (TPSA) is 40.6 Å². The quantitative estimate of drug-likeness (QED) is 0.774. The first-order valence-corrected chi connectivity index (χ1v) is 6.18. The molecule has 3 amide bonds. The largest absolute Gasteiger partial charge is 0.460 e. The van der Waals surface area contributed by atoms with Crippen LogP contribution in [0.3, 0.4) is 0 Å². The van der Waals surface area contributed by atoms with Crippen LogP contribution in [0, 0.1) is 0 Å². The third-order valence-corrected chi connectivity index (χ3v) is 2.81. The van der Waals surface area contributed by atoms with Gasteiger partial charge in [0.15, 0.2) is 0 Å². The molecule has 1 aromatic rings. The van der Waals surface area contributed by atoms with Crippen LogP contribution in [0.5, 0.6) is 0 Å². The van der Waals surface area contributed by atoms with Gasteiger partial charge in [-0.25, -0.2) is 9.69 Å². The summed E-state index contributed by atoms with van der Waals surface area (Å²) in [5.41, 5.74) is -0.584. The maximum atomic E-state index is 13.6. The summed E-state index contributed by atoms with van der Waals surface area (Å²) in [6.45, 7) is 0. The Hall–Kier alpha value is -2.33. The second kappa shape index (κ2) is 6.29. The van der Waals surface area contributed by atoms with E-state index in [9.17, 15) is 40.3 Å². The zero-order chi connectivity index (χ0) is 18.9. The summed E-state index contributed by atoms with van der Waals surface area (Å²) in [7, 11) is 2.01. The molecule has 4 nitrogen and oxygen atoms in total. The number of amides is 3. The van der Waals surface area contributed by atoms with Crippen LogP contribution in [0.15, 0.2) is 30.3 Å². The molecular formula is C13H11F7N2O2. The molecular weight excluding hydrogens is 349 g/mol. The number of urea groups is 1. The Bertz CT molecular complexity index is 614. The molecule has 0 radical (unpaired) electrons. The van der Waals surface area contributed by atoms with E-state index in [1.54, 1.807) is 0 Å². The zero-order valence-corrected chi connectivity index (χ0v) is 12.2. The van der Waals surface area contributed by atoms with Crippen molar-refractivity contribution < 1.29 is 40.3 Å². The lowest BCUT2D eigenvalue weighted by Gasteiger charge is -2.32. The van der Waals surface area contributed by atoms with Crippen LogP contribution < -0.4 is 4.90 Å². The number of imide groups is 1. The minimum absolute atomic E-state index is 0.431. The molecule has 0 aliphatic heterocycles. The molecule has 24 heavy (non-hydrogen) atoms. The molecule has 134 valence electrons. The predicted octanol–water partition coefficient (Wildman–Crippen LogP) is 3.53. The average Bonchev–Trinajstić information content (AvgIpc) is 2.46. The molecule has 0 heterocycles. The fourth-order valence-corrected chi connectivity index (χ4v) is 1.54. The second-order valence-electron chi connectivity index (χ2n) is 4.80. The van der Waals surface area contributed by atoms with Crippen LogP contribution >= 0.6 is 0 Å². The number of carbonyl (C=O) groups is 2. The molecule has 0 atom stereocenters. The SMILES string of the molecule is CN(C)C(=O)N(C(=O)C(F)(F)C(F)(F)C(F)(F)F)c1ccccc1. The van der Waals surface area contributed by atoms with E-state index in [-0.39, 0.29) is 0 Å². The van der Waals surface area contributed by atoms with Crippen molar-refractivity contribution in [3.8, 4) is 0 Å². The minimum Gasteiger partial charge on any atom is -0.330 e. The first kappa shape index (κ1) is 19.7. The number of carbonyl (C=O) groups excluding carboxylic acids is 2. The molecule has 0 N–H and O–H groups in total. The van der Waals surface area contributed by atoms with Gasteiger partial charge in [-0.2, -0.15) is 30.7 Å². The molecule has 1 rings (SSSR count). The highest BCUT2D eigenvalue weighted by Gasteiger charge is 2.77. The molecule has 1 aromatic carbocycles. The van der Waals surface area contributed by atoms with Gasteiger partial charge in [0, 0.05) is 14.1 Å². The van der Waals surface area contributed by atoms with Gasteiger partial charge in [0.05, 0.1) is 5.69 Å². The van der Waals surface area contributed by atoms with Crippen molar-refractivity contribution in [2.45, 2.75) is 18.0 Å². The number of nitrogens with zero attached hydrogens (tertiary/aromatic N) is 2. The first-order chi connectivity index (χ1) is 10.7. The van der Waals surface area contributed by atoms with Crippen molar-refractivity contribution in [3.05, 3.63) is 30.3 Å².